The number of pyridine rings is 1. The van der Waals surface area contributed by atoms with Gasteiger partial charge in [0.25, 0.3) is 0 Å². The lowest BCUT2D eigenvalue weighted by atomic mass is 9.94. The van der Waals surface area contributed by atoms with Gasteiger partial charge < -0.3 is 10.7 Å². The van der Waals surface area contributed by atoms with Gasteiger partial charge in [0.15, 0.2) is 5.15 Å². The topological polar surface area (TPSA) is 66.9 Å². The molecule has 1 atom stereocenters. The summed E-state index contributed by atoms with van der Waals surface area (Å²) in [5.74, 6) is 5.30. The second-order valence-corrected chi connectivity index (χ2v) is 4.41. The number of nitrogens with two attached hydrogens (primary N) is 1. The smallest absolute Gasteiger partial charge is 0.332 e. The highest BCUT2D eigenvalue weighted by atomic mass is 35.5. The number of fused-ring (bicyclic) bond motifs is 1. The summed E-state index contributed by atoms with van der Waals surface area (Å²) in [5, 5.41) is 3.82. The van der Waals surface area contributed by atoms with Gasteiger partial charge in [0.05, 0.1) is 17.4 Å². The molecular formula is C11H12ClF2N5. The van der Waals surface area contributed by atoms with E-state index in [0.29, 0.717) is 11.3 Å². The van der Waals surface area contributed by atoms with Gasteiger partial charge in [-0.15, -0.1) is 0 Å². The normalized spacial score (nSPS) is 23.3. The molecule has 2 rings (SSSR count). The third-order valence-electron chi connectivity index (χ3n) is 3.07. The molecular weight excluding hydrogens is 276 g/mol. The standard InChI is InChI=1S/C11H12ClF2N5/c1-5-7(18-15)8(17-11(13)14)6-3-4-16-10(12)9(6)19(5)2/h3-5,11H,15H2,1-2H3/b17-8+,18-7-. The number of hydrogen-bond acceptors (Lipinski definition) is 5. The van der Waals surface area contributed by atoms with Crippen LogP contribution in [0.1, 0.15) is 12.5 Å². The monoisotopic (exact) mass is 287 g/mol. The molecule has 2 heterocycles. The number of aliphatic imine (C=N–C) groups is 1. The Morgan fingerprint density at radius 3 is 2.79 bits per heavy atom. The van der Waals surface area contributed by atoms with Crippen molar-refractivity contribution in [2.75, 3.05) is 11.9 Å². The number of rotatable bonds is 1. The van der Waals surface area contributed by atoms with E-state index in [-0.39, 0.29) is 22.6 Å². The summed E-state index contributed by atoms with van der Waals surface area (Å²) in [6.45, 7) is -1.07. The molecule has 0 saturated carbocycles. The Morgan fingerprint density at radius 2 is 2.21 bits per heavy atom. The van der Waals surface area contributed by atoms with E-state index in [0.717, 1.165) is 0 Å². The van der Waals surface area contributed by atoms with Crippen LogP contribution in [0.25, 0.3) is 0 Å². The first-order chi connectivity index (χ1) is 8.97. The number of nitrogens with zero attached hydrogens (tertiary/aromatic N) is 4. The zero-order valence-electron chi connectivity index (χ0n) is 10.3. The fourth-order valence-corrected chi connectivity index (χ4v) is 2.36. The first-order valence-corrected chi connectivity index (χ1v) is 5.87. The Morgan fingerprint density at radius 1 is 1.53 bits per heavy atom. The van der Waals surface area contributed by atoms with Crippen LogP contribution in [-0.2, 0) is 0 Å². The van der Waals surface area contributed by atoms with Gasteiger partial charge in [-0.1, -0.05) is 11.6 Å². The lowest BCUT2D eigenvalue weighted by Gasteiger charge is -2.35. The third kappa shape index (κ3) is 2.25. The maximum Gasteiger partial charge on any atom is 0.332 e. The van der Waals surface area contributed by atoms with Gasteiger partial charge in [0.1, 0.15) is 5.71 Å². The first kappa shape index (κ1) is 13.7. The van der Waals surface area contributed by atoms with Crippen LogP contribution in [-0.4, -0.2) is 36.0 Å². The molecule has 0 amide bonds. The summed E-state index contributed by atoms with van der Waals surface area (Å²) >= 11 is 6.03. The summed E-state index contributed by atoms with van der Waals surface area (Å²) in [6, 6.07) is 1.24. The number of alkyl halides is 2. The van der Waals surface area contributed by atoms with Crippen LogP contribution >= 0.6 is 11.6 Å². The van der Waals surface area contributed by atoms with Gasteiger partial charge in [-0.2, -0.15) is 13.9 Å². The van der Waals surface area contributed by atoms with Crippen LogP contribution in [0.4, 0.5) is 14.5 Å². The fourth-order valence-electron chi connectivity index (χ4n) is 2.07. The van der Waals surface area contributed by atoms with E-state index in [2.05, 4.69) is 15.1 Å². The Balaban J connectivity index is 2.73. The molecule has 0 fully saturated rings. The molecule has 1 aromatic rings. The molecule has 102 valence electrons. The van der Waals surface area contributed by atoms with Crippen molar-refractivity contribution in [2.24, 2.45) is 15.9 Å². The van der Waals surface area contributed by atoms with Crippen LogP contribution in [0.5, 0.6) is 0 Å². The fraction of sp³-hybridized carbons (Fsp3) is 0.364. The van der Waals surface area contributed by atoms with E-state index in [9.17, 15) is 8.78 Å². The van der Waals surface area contributed by atoms with Gasteiger partial charge in [0, 0.05) is 18.8 Å². The zero-order valence-corrected chi connectivity index (χ0v) is 11.1. The highest BCUT2D eigenvalue weighted by Gasteiger charge is 2.33. The molecule has 5 nitrogen and oxygen atoms in total. The second-order valence-electron chi connectivity index (χ2n) is 4.05. The van der Waals surface area contributed by atoms with Crippen molar-refractivity contribution in [3.05, 3.63) is 23.0 Å². The van der Waals surface area contributed by atoms with Gasteiger partial charge in [0.2, 0.25) is 0 Å². The molecule has 1 aliphatic rings. The van der Waals surface area contributed by atoms with E-state index < -0.39 is 6.55 Å². The van der Waals surface area contributed by atoms with Crippen molar-refractivity contribution < 1.29 is 8.78 Å². The van der Waals surface area contributed by atoms with Crippen LogP contribution in [0.15, 0.2) is 22.4 Å². The van der Waals surface area contributed by atoms with Crippen LogP contribution < -0.4 is 10.7 Å². The predicted octanol–water partition coefficient (Wildman–Crippen LogP) is 1.90. The van der Waals surface area contributed by atoms with Crippen molar-refractivity contribution in [3.8, 4) is 0 Å². The van der Waals surface area contributed by atoms with E-state index in [1.54, 1.807) is 24.9 Å². The van der Waals surface area contributed by atoms with Crippen molar-refractivity contribution in [3.63, 3.8) is 0 Å². The molecule has 0 radical (unpaired) electrons. The molecule has 1 unspecified atom stereocenters. The number of halogens is 3. The highest BCUT2D eigenvalue weighted by Crippen LogP contribution is 2.33. The summed E-state index contributed by atoms with van der Waals surface area (Å²) < 4.78 is 25.2. The Labute approximate surface area is 113 Å². The molecule has 0 bridgehead atoms. The third-order valence-corrected chi connectivity index (χ3v) is 3.35. The number of aromatic nitrogens is 1. The minimum atomic E-state index is -2.85. The first-order valence-electron chi connectivity index (χ1n) is 5.49. The average Bonchev–Trinajstić information content (AvgIpc) is 2.35. The zero-order chi connectivity index (χ0) is 14.2. The minimum Gasteiger partial charge on any atom is -0.363 e. The molecule has 19 heavy (non-hydrogen) atoms. The predicted molar refractivity (Wildman–Crippen MR) is 71.3 cm³/mol. The van der Waals surface area contributed by atoms with Crippen molar-refractivity contribution in [1.29, 1.82) is 0 Å². The maximum absolute atomic E-state index is 12.6. The van der Waals surface area contributed by atoms with E-state index in [1.807, 2.05) is 0 Å². The quantitative estimate of drug-likeness (QED) is 0.371. The molecule has 0 aliphatic carbocycles. The van der Waals surface area contributed by atoms with E-state index in [1.165, 1.54) is 6.20 Å². The van der Waals surface area contributed by atoms with Gasteiger partial charge in [-0.3, -0.25) is 0 Å². The molecule has 1 aliphatic heterocycles. The molecule has 2 N–H and O–H groups in total. The Kier molecular flexibility index (Phi) is 3.66. The maximum atomic E-state index is 12.6. The molecule has 0 aromatic carbocycles. The van der Waals surface area contributed by atoms with Gasteiger partial charge >= 0.3 is 6.55 Å². The number of hydrazone groups is 1. The van der Waals surface area contributed by atoms with Crippen molar-refractivity contribution >= 4 is 28.7 Å². The summed E-state index contributed by atoms with van der Waals surface area (Å²) in [4.78, 5) is 9.05. The lowest BCUT2D eigenvalue weighted by molar-refractivity contribution is 0.160. The van der Waals surface area contributed by atoms with E-state index >= 15 is 0 Å². The minimum absolute atomic E-state index is 0.0578. The Bertz CT molecular complexity index is 558. The van der Waals surface area contributed by atoms with Gasteiger partial charge in [-0.25, -0.2) is 9.98 Å². The van der Waals surface area contributed by atoms with E-state index in [4.69, 9.17) is 17.4 Å². The second kappa shape index (κ2) is 5.08. The van der Waals surface area contributed by atoms with Crippen molar-refractivity contribution in [2.45, 2.75) is 19.5 Å². The Hall–Kier alpha value is -1.76. The number of anilines is 1. The van der Waals surface area contributed by atoms with Crippen LogP contribution in [0.2, 0.25) is 5.15 Å². The molecule has 0 spiro atoms. The number of hydrogen-bond donors (Lipinski definition) is 1. The largest absolute Gasteiger partial charge is 0.363 e. The van der Waals surface area contributed by atoms with Crippen LogP contribution in [0.3, 0.4) is 0 Å². The van der Waals surface area contributed by atoms with Gasteiger partial charge in [-0.05, 0) is 13.0 Å². The lowest BCUT2D eigenvalue weighted by Crippen LogP contribution is -2.46. The summed E-state index contributed by atoms with van der Waals surface area (Å²) in [6.07, 6.45) is 1.43. The highest BCUT2D eigenvalue weighted by molar-refractivity contribution is 6.53. The summed E-state index contributed by atoms with van der Waals surface area (Å²) in [7, 11) is 1.77. The SMILES string of the molecule is CC1C(=N/N)/C(=N/C(F)F)c2ccnc(Cl)c2N1C. The average molecular weight is 288 g/mol. The summed E-state index contributed by atoms with van der Waals surface area (Å²) in [5.41, 5.74) is 1.34. The van der Waals surface area contributed by atoms with Crippen LogP contribution in [0, 0.1) is 0 Å². The molecule has 8 heteroatoms. The van der Waals surface area contributed by atoms with Crippen molar-refractivity contribution in [1.82, 2.24) is 4.98 Å². The molecule has 1 aromatic heterocycles. The molecule has 0 saturated heterocycles.